The minimum absolute atomic E-state index is 0.0692. The topological polar surface area (TPSA) is 42.2 Å². The summed E-state index contributed by atoms with van der Waals surface area (Å²) in [6.07, 6.45) is -0.671. The van der Waals surface area contributed by atoms with Gasteiger partial charge in [-0.05, 0) is 55.8 Å². The Balaban J connectivity index is 2.73. The fraction of sp³-hybridized carbons (Fsp3) is 0.500. The molecule has 0 saturated heterocycles. The van der Waals surface area contributed by atoms with Crippen LogP contribution in [0.1, 0.15) is 38.8 Å². The van der Waals surface area contributed by atoms with Gasteiger partial charge in [0.05, 0.1) is 18.3 Å². The predicted molar refractivity (Wildman–Crippen MR) is 135 cm³/mol. The van der Waals surface area contributed by atoms with Crippen molar-refractivity contribution in [2.75, 3.05) is 0 Å². The molecule has 0 saturated carbocycles. The molecule has 0 N–H and O–H groups in total. The summed E-state index contributed by atoms with van der Waals surface area (Å²) in [5.74, 6) is 0. The molecule has 0 fully saturated rings. The van der Waals surface area contributed by atoms with Crippen molar-refractivity contribution in [2.45, 2.75) is 83.1 Å². The molecule has 0 aromatic heterocycles. The molecule has 0 aliphatic carbocycles. The van der Waals surface area contributed by atoms with Gasteiger partial charge in [0.15, 0.2) is 16.6 Å². The maximum atomic E-state index is 10.8. The molecule has 0 heterocycles. The lowest BCUT2D eigenvalue weighted by Gasteiger charge is -2.46. The van der Waals surface area contributed by atoms with Crippen LogP contribution in [0.4, 0.5) is 0 Å². The molecule has 0 amide bonds. The van der Waals surface area contributed by atoms with E-state index in [9.17, 15) is 5.26 Å². The average Bonchev–Trinajstić information content (AvgIpc) is 2.68. The normalized spacial score (nSPS) is 15.2. The smallest absolute Gasteiger partial charge is 0.192 e. The highest BCUT2D eigenvalue weighted by Crippen LogP contribution is 2.43. The molecule has 0 aliphatic rings. The Kier molecular flexibility index (Phi) is 7.76. The molecule has 2 atom stereocenters. The lowest BCUT2D eigenvalue weighted by atomic mass is 9.70. The summed E-state index contributed by atoms with van der Waals surface area (Å²) in [4.78, 5) is 0. The molecule has 2 rings (SSSR count). The molecule has 2 aromatic carbocycles. The van der Waals surface area contributed by atoms with Gasteiger partial charge in [0.1, 0.15) is 5.41 Å². The third kappa shape index (κ3) is 5.75. The van der Waals surface area contributed by atoms with E-state index in [0.29, 0.717) is 0 Å². The van der Waals surface area contributed by atoms with E-state index in [4.69, 9.17) is 8.85 Å². The molecule has 0 bridgehead atoms. The first-order valence-electron chi connectivity index (χ1n) is 11.1. The molecule has 5 heteroatoms. The van der Waals surface area contributed by atoms with Crippen LogP contribution in [-0.2, 0) is 14.3 Å². The lowest BCUT2D eigenvalue weighted by molar-refractivity contribution is 0.0239. The largest absolute Gasteiger partial charge is 0.412 e. The van der Waals surface area contributed by atoms with E-state index in [-0.39, 0.29) is 11.1 Å². The van der Waals surface area contributed by atoms with E-state index < -0.39 is 28.2 Å². The molecule has 0 spiro atoms. The van der Waals surface area contributed by atoms with E-state index in [1.165, 1.54) is 0 Å². The fourth-order valence-corrected chi connectivity index (χ4v) is 6.25. The van der Waals surface area contributed by atoms with Crippen molar-refractivity contribution in [3.8, 4) is 6.07 Å². The van der Waals surface area contributed by atoms with Crippen molar-refractivity contribution in [3.63, 3.8) is 0 Å². The minimum Gasteiger partial charge on any atom is -0.412 e. The van der Waals surface area contributed by atoms with Gasteiger partial charge < -0.3 is 8.85 Å². The Morgan fingerprint density at radius 2 is 1.19 bits per heavy atom. The zero-order valence-corrected chi connectivity index (χ0v) is 22.7. The first kappa shape index (κ1) is 25.5. The fourth-order valence-electron chi connectivity index (χ4n) is 3.71. The summed E-state index contributed by atoms with van der Waals surface area (Å²) in [6.45, 7) is 19.9. The van der Waals surface area contributed by atoms with Gasteiger partial charge in [0.25, 0.3) is 0 Å². The van der Waals surface area contributed by atoms with E-state index in [0.717, 1.165) is 11.1 Å². The molecular weight excluding hydrogens is 414 g/mol. The van der Waals surface area contributed by atoms with Crippen molar-refractivity contribution in [1.82, 2.24) is 0 Å². The Bertz CT molecular complexity index is 838. The van der Waals surface area contributed by atoms with Crippen molar-refractivity contribution in [1.29, 1.82) is 5.26 Å². The van der Waals surface area contributed by atoms with Crippen LogP contribution >= 0.6 is 0 Å². The molecule has 0 aliphatic heterocycles. The van der Waals surface area contributed by atoms with Crippen LogP contribution in [0.3, 0.4) is 0 Å². The maximum absolute atomic E-state index is 10.8. The van der Waals surface area contributed by atoms with E-state index >= 15 is 0 Å². The van der Waals surface area contributed by atoms with Crippen LogP contribution in [0, 0.1) is 11.3 Å². The number of rotatable bonds is 8. The SMILES string of the molecule is C[C@H](O[Si](C)(C)C(C)(C)C)[C@@H](O[Si](C)(C)C)C(C#N)(c1ccccc1)c1ccccc1. The van der Waals surface area contributed by atoms with E-state index in [1.54, 1.807) is 0 Å². The maximum Gasteiger partial charge on any atom is 0.192 e. The lowest BCUT2D eigenvalue weighted by Crippen LogP contribution is -2.56. The van der Waals surface area contributed by atoms with Crippen LogP contribution in [-0.4, -0.2) is 28.8 Å². The van der Waals surface area contributed by atoms with Crippen LogP contribution < -0.4 is 0 Å². The highest BCUT2D eigenvalue weighted by atomic mass is 28.4. The second-order valence-electron chi connectivity index (χ2n) is 10.9. The van der Waals surface area contributed by atoms with Crippen LogP contribution in [0.15, 0.2) is 60.7 Å². The third-order valence-electron chi connectivity index (χ3n) is 6.25. The predicted octanol–water partition coefficient (Wildman–Crippen LogP) is 7.13. The summed E-state index contributed by atoms with van der Waals surface area (Å²) < 4.78 is 13.7. The van der Waals surface area contributed by atoms with Gasteiger partial charge in [-0.3, -0.25) is 0 Å². The van der Waals surface area contributed by atoms with Crippen molar-refractivity contribution in [2.24, 2.45) is 0 Å². The number of hydrogen-bond donors (Lipinski definition) is 0. The van der Waals surface area contributed by atoms with Crippen LogP contribution in [0.5, 0.6) is 0 Å². The highest BCUT2D eigenvalue weighted by molar-refractivity contribution is 6.74. The third-order valence-corrected chi connectivity index (χ3v) is 11.8. The summed E-state index contributed by atoms with van der Waals surface area (Å²) >= 11 is 0. The zero-order valence-electron chi connectivity index (χ0n) is 20.7. The molecule has 31 heavy (non-hydrogen) atoms. The van der Waals surface area contributed by atoms with Gasteiger partial charge in [-0.15, -0.1) is 0 Å². The molecule has 0 radical (unpaired) electrons. The average molecular weight is 454 g/mol. The second-order valence-corrected chi connectivity index (χ2v) is 20.1. The number of benzene rings is 2. The van der Waals surface area contributed by atoms with Gasteiger partial charge in [-0.1, -0.05) is 81.4 Å². The first-order chi connectivity index (χ1) is 14.2. The first-order valence-corrected chi connectivity index (χ1v) is 17.4. The summed E-state index contributed by atoms with van der Waals surface area (Å²) in [5.41, 5.74) is 0.917. The number of nitrogens with zero attached hydrogens (tertiary/aromatic N) is 1. The molecule has 168 valence electrons. The van der Waals surface area contributed by atoms with Crippen molar-refractivity contribution >= 4 is 16.6 Å². The van der Waals surface area contributed by atoms with Gasteiger partial charge in [0, 0.05) is 0 Å². The van der Waals surface area contributed by atoms with Gasteiger partial charge in [0.2, 0.25) is 0 Å². The quantitative estimate of drug-likeness (QED) is 0.399. The van der Waals surface area contributed by atoms with Crippen molar-refractivity contribution in [3.05, 3.63) is 71.8 Å². The Labute approximate surface area is 191 Å². The van der Waals surface area contributed by atoms with Gasteiger partial charge in [-0.25, -0.2) is 0 Å². The standard InChI is InChI=1S/C26H39NO2Si2/c1-21(28-31(8,9)25(2,3)4)24(29-30(5,6)7)26(20-27,22-16-12-10-13-17-22)23-18-14-11-15-19-23/h10-19,21,24H,1-9H3/t21-,24+/m0/s1. The van der Waals surface area contributed by atoms with Crippen LogP contribution in [0.25, 0.3) is 0 Å². The highest BCUT2D eigenvalue weighted by Gasteiger charge is 2.50. The van der Waals surface area contributed by atoms with Crippen LogP contribution in [0.2, 0.25) is 37.8 Å². The Morgan fingerprint density at radius 3 is 1.52 bits per heavy atom. The summed E-state index contributed by atoms with van der Waals surface area (Å²) in [7, 11) is -4.09. The zero-order chi connectivity index (χ0) is 23.5. The molecule has 3 nitrogen and oxygen atoms in total. The monoisotopic (exact) mass is 453 g/mol. The Hall–Kier alpha value is -1.72. The van der Waals surface area contributed by atoms with E-state index in [2.05, 4.69) is 66.5 Å². The molecule has 0 unspecified atom stereocenters. The summed E-state index contributed by atoms with van der Waals surface area (Å²) in [5, 5.41) is 10.9. The van der Waals surface area contributed by atoms with Gasteiger partial charge >= 0.3 is 0 Å². The second kappa shape index (κ2) is 9.42. The molecule has 2 aromatic rings. The number of nitriles is 1. The van der Waals surface area contributed by atoms with Crippen molar-refractivity contribution < 1.29 is 8.85 Å². The Morgan fingerprint density at radius 1 is 0.774 bits per heavy atom. The molecular formula is C26H39NO2Si2. The number of hydrogen-bond acceptors (Lipinski definition) is 3. The van der Waals surface area contributed by atoms with E-state index in [1.807, 2.05) is 60.7 Å². The summed E-state index contributed by atoms with van der Waals surface area (Å²) in [6, 6.07) is 22.8. The van der Waals surface area contributed by atoms with Gasteiger partial charge in [-0.2, -0.15) is 5.26 Å². The minimum atomic E-state index is -2.07.